The SMILES string of the molecule is CC(CN1CCCC1=O)NCc1ccc2[nH]ccc2c1. The Morgan fingerprint density at radius 2 is 2.30 bits per heavy atom. The number of carbonyl (C=O) groups is 1. The summed E-state index contributed by atoms with van der Waals surface area (Å²) in [5.74, 6) is 0.299. The van der Waals surface area contributed by atoms with E-state index >= 15 is 0 Å². The Morgan fingerprint density at radius 3 is 3.10 bits per heavy atom. The van der Waals surface area contributed by atoms with Gasteiger partial charge in [-0.1, -0.05) is 6.07 Å². The Balaban J connectivity index is 1.54. The lowest BCUT2D eigenvalue weighted by molar-refractivity contribution is -0.127. The molecule has 0 spiro atoms. The van der Waals surface area contributed by atoms with Gasteiger partial charge in [-0.15, -0.1) is 0 Å². The number of carbonyl (C=O) groups excluding carboxylic acids is 1. The molecule has 2 heterocycles. The number of likely N-dealkylation sites (tertiary alicyclic amines) is 1. The van der Waals surface area contributed by atoms with Gasteiger partial charge in [0.2, 0.25) is 5.91 Å². The van der Waals surface area contributed by atoms with Crippen LogP contribution in [-0.4, -0.2) is 34.9 Å². The van der Waals surface area contributed by atoms with Crippen LogP contribution in [0.25, 0.3) is 10.9 Å². The number of aromatic amines is 1. The van der Waals surface area contributed by atoms with Gasteiger partial charge in [0.15, 0.2) is 0 Å². The molecule has 0 aliphatic carbocycles. The second-order valence-electron chi connectivity index (χ2n) is 5.62. The van der Waals surface area contributed by atoms with Crippen molar-refractivity contribution in [3.05, 3.63) is 36.0 Å². The van der Waals surface area contributed by atoms with E-state index in [2.05, 4.69) is 41.5 Å². The maximum absolute atomic E-state index is 11.6. The number of nitrogens with zero attached hydrogens (tertiary/aromatic N) is 1. The minimum atomic E-state index is 0.299. The van der Waals surface area contributed by atoms with Gasteiger partial charge in [-0.2, -0.15) is 0 Å². The summed E-state index contributed by atoms with van der Waals surface area (Å²) in [6.45, 7) is 4.70. The molecule has 1 aliphatic rings. The third-order valence-corrected chi connectivity index (χ3v) is 3.94. The highest BCUT2D eigenvalue weighted by Gasteiger charge is 2.21. The van der Waals surface area contributed by atoms with Crippen LogP contribution < -0.4 is 5.32 Å². The Morgan fingerprint density at radius 1 is 1.40 bits per heavy atom. The van der Waals surface area contributed by atoms with Crippen molar-refractivity contribution >= 4 is 16.8 Å². The summed E-state index contributed by atoms with van der Waals surface area (Å²) in [6.07, 6.45) is 3.69. The molecule has 0 bridgehead atoms. The molecule has 1 amide bonds. The average molecular weight is 271 g/mol. The molecule has 4 nitrogen and oxygen atoms in total. The van der Waals surface area contributed by atoms with Crippen LogP contribution in [0.4, 0.5) is 0 Å². The molecule has 1 aromatic heterocycles. The third kappa shape index (κ3) is 2.85. The second-order valence-corrected chi connectivity index (χ2v) is 5.62. The molecule has 4 heteroatoms. The van der Waals surface area contributed by atoms with E-state index in [9.17, 15) is 4.79 Å². The number of nitrogens with one attached hydrogen (secondary N) is 2. The van der Waals surface area contributed by atoms with E-state index in [0.29, 0.717) is 11.9 Å². The van der Waals surface area contributed by atoms with E-state index in [0.717, 1.165) is 32.5 Å². The van der Waals surface area contributed by atoms with Gasteiger partial charge >= 0.3 is 0 Å². The number of rotatable bonds is 5. The Bertz CT molecular complexity index is 605. The molecule has 106 valence electrons. The average Bonchev–Trinajstić information content (AvgIpc) is 3.05. The predicted octanol–water partition coefficient (Wildman–Crippen LogP) is 2.27. The fourth-order valence-corrected chi connectivity index (χ4v) is 2.80. The normalized spacial score (nSPS) is 17.1. The molecule has 1 fully saturated rings. The number of aromatic nitrogens is 1. The summed E-state index contributed by atoms with van der Waals surface area (Å²) in [7, 11) is 0. The maximum Gasteiger partial charge on any atom is 0.222 e. The standard InChI is InChI=1S/C16H21N3O/c1-12(11-19-8-2-3-16(19)20)18-10-13-4-5-15-14(9-13)6-7-17-15/h4-7,9,12,17-18H,2-3,8,10-11H2,1H3. The van der Waals surface area contributed by atoms with Crippen LogP contribution >= 0.6 is 0 Å². The fraction of sp³-hybridized carbons (Fsp3) is 0.438. The van der Waals surface area contributed by atoms with Gasteiger partial charge in [0.05, 0.1) is 0 Å². The molecule has 1 unspecified atom stereocenters. The van der Waals surface area contributed by atoms with Crippen LogP contribution in [-0.2, 0) is 11.3 Å². The van der Waals surface area contributed by atoms with E-state index in [1.807, 2.05) is 11.1 Å². The van der Waals surface area contributed by atoms with Gasteiger partial charge in [0, 0.05) is 43.8 Å². The van der Waals surface area contributed by atoms with E-state index < -0.39 is 0 Å². The van der Waals surface area contributed by atoms with Gasteiger partial charge in [-0.25, -0.2) is 0 Å². The molecule has 1 atom stereocenters. The van der Waals surface area contributed by atoms with E-state index in [-0.39, 0.29) is 0 Å². The molecule has 0 radical (unpaired) electrons. The molecule has 2 aromatic rings. The first kappa shape index (κ1) is 13.2. The Kier molecular flexibility index (Phi) is 3.74. The predicted molar refractivity (Wildman–Crippen MR) is 80.4 cm³/mol. The summed E-state index contributed by atoms with van der Waals surface area (Å²) in [5, 5.41) is 4.74. The summed E-state index contributed by atoms with van der Waals surface area (Å²) in [4.78, 5) is 16.8. The zero-order valence-electron chi connectivity index (χ0n) is 11.9. The quantitative estimate of drug-likeness (QED) is 0.876. The van der Waals surface area contributed by atoms with Crippen molar-refractivity contribution in [2.45, 2.75) is 32.4 Å². The minimum Gasteiger partial charge on any atom is -0.361 e. The Hall–Kier alpha value is -1.81. The third-order valence-electron chi connectivity index (χ3n) is 3.94. The van der Waals surface area contributed by atoms with Crippen molar-refractivity contribution in [3.8, 4) is 0 Å². The smallest absolute Gasteiger partial charge is 0.222 e. The van der Waals surface area contributed by atoms with Crippen molar-refractivity contribution in [2.24, 2.45) is 0 Å². The van der Waals surface area contributed by atoms with Gasteiger partial charge in [-0.3, -0.25) is 4.79 Å². The van der Waals surface area contributed by atoms with Crippen LogP contribution in [0.5, 0.6) is 0 Å². The van der Waals surface area contributed by atoms with E-state index in [1.54, 1.807) is 0 Å². The number of hydrogen-bond donors (Lipinski definition) is 2. The minimum absolute atomic E-state index is 0.299. The number of H-pyrrole nitrogens is 1. The lowest BCUT2D eigenvalue weighted by Crippen LogP contribution is -2.39. The summed E-state index contributed by atoms with van der Waals surface area (Å²) < 4.78 is 0. The fourth-order valence-electron chi connectivity index (χ4n) is 2.80. The van der Waals surface area contributed by atoms with Crippen LogP contribution in [0.3, 0.4) is 0 Å². The number of hydrogen-bond acceptors (Lipinski definition) is 2. The zero-order chi connectivity index (χ0) is 13.9. The molecule has 1 saturated heterocycles. The van der Waals surface area contributed by atoms with E-state index in [1.165, 1.54) is 16.5 Å². The number of benzene rings is 1. The lowest BCUT2D eigenvalue weighted by Gasteiger charge is -2.21. The lowest BCUT2D eigenvalue weighted by atomic mass is 10.1. The summed E-state index contributed by atoms with van der Waals surface area (Å²) >= 11 is 0. The maximum atomic E-state index is 11.6. The second kappa shape index (κ2) is 5.67. The first-order chi connectivity index (χ1) is 9.72. The largest absolute Gasteiger partial charge is 0.361 e. The van der Waals surface area contributed by atoms with Crippen LogP contribution in [0.15, 0.2) is 30.5 Å². The molecular weight excluding hydrogens is 250 g/mol. The van der Waals surface area contributed by atoms with Crippen LogP contribution in [0.2, 0.25) is 0 Å². The highest BCUT2D eigenvalue weighted by molar-refractivity contribution is 5.80. The van der Waals surface area contributed by atoms with Crippen molar-refractivity contribution in [1.82, 2.24) is 15.2 Å². The molecule has 3 rings (SSSR count). The zero-order valence-corrected chi connectivity index (χ0v) is 11.9. The van der Waals surface area contributed by atoms with Gasteiger partial charge in [-0.05, 0) is 42.5 Å². The van der Waals surface area contributed by atoms with Gasteiger partial charge < -0.3 is 15.2 Å². The van der Waals surface area contributed by atoms with Crippen molar-refractivity contribution in [1.29, 1.82) is 0 Å². The first-order valence-corrected chi connectivity index (χ1v) is 7.29. The highest BCUT2D eigenvalue weighted by atomic mass is 16.2. The highest BCUT2D eigenvalue weighted by Crippen LogP contribution is 2.14. The van der Waals surface area contributed by atoms with Gasteiger partial charge in [0.1, 0.15) is 0 Å². The Labute approximate surface area is 119 Å². The molecule has 0 saturated carbocycles. The summed E-state index contributed by atoms with van der Waals surface area (Å²) in [6, 6.07) is 8.86. The van der Waals surface area contributed by atoms with Crippen molar-refractivity contribution < 1.29 is 4.79 Å². The van der Waals surface area contributed by atoms with Crippen LogP contribution in [0, 0.1) is 0 Å². The van der Waals surface area contributed by atoms with Crippen molar-refractivity contribution in [2.75, 3.05) is 13.1 Å². The monoisotopic (exact) mass is 271 g/mol. The molecule has 2 N–H and O–H groups in total. The first-order valence-electron chi connectivity index (χ1n) is 7.29. The number of fused-ring (bicyclic) bond motifs is 1. The van der Waals surface area contributed by atoms with Gasteiger partial charge in [0.25, 0.3) is 0 Å². The van der Waals surface area contributed by atoms with Crippen LogP contribution in [0.1, 0.15) is 25.3 Å². The van der Waals surface area contributed by atoms with E-state index in [4.69, 9.17) is 0 Å². The number of amides is 1. The topological polar surface area (TPSA) is 48.1 Å². The summed E-state index contributed by atoms with van der Waals surface area (Å²) in [5.41, 5.74) is 2.45. The molecular formula is C16H21N3O. The molecule has 1 aliphatic heterocycles. The molecule has 20 heavy (non-hydrogen) atoms. The molecule has 1 aromatic carbocycles. The van der Waals surface area contributed by atoms with Crippen molar-refractivity contribution in [3.63, 3.8) is 0 Å².